The second-order valence-corrected chi connectivity index (χ2v) is 3.36. The first-order valence-corrected chi connectivity index (χ1v) is 5.00. The highest BCUT2D eigenvalue weighted by Gasteiger charge is 2.34. The molecule has 0 aliphatic rings. The van der Waals surface area contributed by atoms with Crippen molar-refractivity contribution in [3.05, 3.63) is 35.4 Å². The molecule has 0 aliphatic heterocycles. The van der Waals surface area contributed by atoms with E-state index in [9.17, 15) is 13.2 Å². The van der Waals surface area contributed by atoms with Crippen molar-refractivity contribution in [3.63, 3.8) is 0 Å². The van der Waals surface area contributed by atoms with Crippen molar-refractivity contribution in [2.24, 2.45) is 0 Å². The topological polar surface area (TPSA) is 21.3 Å². The van der Waals surface area contributed by atoms with Gasteiger partial charge in [-0.3, -0.25) is 0 Å². The zero-order valence-corrected chi connectivity index (χ0v) is 9.14. The lowest BCUT2D eigenvalue weighted by atomic mass is 10.0. The second kappa shape index (κ2) is 5.32. The zero-order chi connectivity index (χ0) is 12.2. The third-order valence-corrected chi connectivity index (χ3v) is 2.14. The number of hydrogen-bond donors (Lipinski definition) is 1. The van der Waals surface area contributed by atoms with Gasteiger partial charge in [0.15, 0.2) is 0 Å². The highest BCUT2D eigenvalue weighted by atomic mass is 19.4. The van der Waals surface area contributed by atoms with Gasteiger partial charge in [-0.25, -0.2) is 0 Å². The highest BCUT2D eigenvalue weighted by molar-refractivity contribution is 5.31. The van der Waals surface area contributed by atoms with Crippen LogP contribution < -0.4 is 5.48 Å². The first kappa shape index (κ1) is 13.0. The quantitative estimate of drug-likeness (QED) is 0.805. The van der Waals surface area contributed by atoms with E-state index in [0.717, 1.165) is 6.07 Å². The maximum Gasteiger partial charge on any atom is 0.416 e. The fraction of sp³-hybridized carbons (Fsp3) is 0.455. The van der Waals surface area contributed by atoms with E-state index in [4.69, 9.17) is 4.84 Å². The normalized spacial score (nSPS) is 13.8. The lowest BCUT2D eigenvalue weighted by molar-refractivity contribution is -0.138. The summed E-state index contributed by atoms with van der Waals surface area (Å²) in [5, 5.41) is 0. The Bertz CT molecular complexity index is 338. The van der Waals surface area contributed by atoms with E-state index in [2.05, 4.69) is 5.48 Å². The highest BCUT2D eigenvalue weighted by Crippen LogP contribution is 2.34. The number of rotatable bonds is 4. The van der Waals surface area contributed by atoms with Crippen LogP contribution in [-0.4, -0.2) is 6.61 Å². The second-order valence-electron chi connectivity index (χ2n) is 3.36. The van der Waals surface area contributed by atoms with Crippen molar-refractivity contribution in [1.82, 2.24) is 5.48 Å². The predicted octanol–water partition coefficient (Wildman–Crippen LogP) is 3.31. The molecule has 1 aromatic rings. The van der Waals surface area contributed by atoms with E-state index in [1.165, 1.54) is 12.1 Å². The number of alkyl halides is 3. The van der Waals surface area contributed by atoms with Crippen LogP contribution >= 0.6 is 0 Å². The van der Waals surface area contributed by atoms with E-state index in [0.29, 0.717) is 6.61 Å². The van der Waals surface area contributed by atoms with Gasteiger partial charge in [-0.1, -0.05) is 18.2 Å². The number of hydrogen-bond acceptors (Lipinski definition) is 2. The molecule has 1 N–H and O–H groups in total. The Kier molecular flexibility index (Phi) is 4.32. The zero-order valence-electron chi connectivity index (χ0n) is 9.14. The van der Waals surface area contributed by atoms with Crippen LogP contribution in [-0.2, 0) is 11.0 Å². The Hall–Kier alpha value is -1.07. The van der Waals surface area contributed by atoms with Gasteiger partial charge in [0.25, 0.3) is 0 Å². The van der Waals surface area contributed by atoms with Gasteiger partial charge in [-0.2, -0.15) is 18.7 Å². The van der Waals surface area contributed by atoms with Crippen molar-refractivity contribution in [1.29, 1.82) is 0 Å². The van der Waals surface area contributed by atoms with Crippen LogP contribution in [0.5, 0.6) is 0 Å². The molecule has 0 saturated carbocycles. The summed E-state index contributed by atoms with van der Waals surface area (Å²) >= 11 is 0. The molecule has 0 heterocycles. The summed E-state index contributed by atoms with van der Waals surface area (Å²) in [5.74, 6) is 0. The first-order valence-electron chi connectivity index (χ1n) is 5.00. The monoisotopic (exact) mass is 233 g/mol. The molecular weight excluding hydrogens is 219 g/mol. The smallest absolute Gasteiger partial charge is 0.302 e. The average Bonchev–Trinajstić information content (AvgIpc) is 2.24. The number of hydroxylamine groups is 1. The molecule has 2 nitrogen and oxygen atoms in total. The number of nitrogens with one attached hydrogen (secondary N) is 1. The van der Waals surface area contributed by atoms with Crippen LogP contribution in [0.25, 0.3) is 0 Å². The van der Waals surface area contributed by atoms with Crippen molar-refractivity contribution < 1.29 is 18.0 Å². The third-order valence-electron chi connectivity index (χ3n) is 2.14. The van der Waals surface area contributed by atoms with Gasteiger partial charge in [0.2, 0.25) is 0 Å². The maximum atomic E-state index is 12.7. The summed E-state index contributed by atoms with van der Waals surface area (Å²) in [6.45, 7) is 3.79. The van der Waals surface area contributed by atoms with Gasteiger partial charge in [0.1, 0.15) is 0 Å². The van der Waals surface area contributed by atoms with Crippen molar-refractivity contribution in [2.45, 2.75) is 26.1 Å². The van der Waals surface area contributed by atoms with Crippen molar-refractivity contribution in [3.8, 4) is 0 Å². The molecule has 1 aromatic carbocycles. The molecule has 1 unspecified atom stereocenters. The van der Waals surface area contributed by atoms with Crippen molar-refractivity contribution in [2.75, 3.05) is 6.61 Å². The molecule has 0 amide bonds. The van der Waals surface area contributed by atoms with Gasteiger partial charge in [-0.05, 0) is 25.5 Å². The summed E-state index contributed by atoms with van der Waals surface area (Å²) in [5.41, 5.74) is 2.11. The molecule has 0 bridgehead atoms. The minimum absolute atomic E-state index is 0.184. The van der Waals surface area contributed by atoms with Gasteiger partial charge < -0.3 is 4.84 Å². The van der Waals surface area contributed by atoms with Crippen LogP contribution in [0.2, 0.25) is 0 Å². The first-order chi connectivity index (χ1) is 7.46. The molecule has 1 rings (SSSR count). The predicted molar refractivity (Wildman–Crippen MR) is 54.6 cm³/mol. The Morgan fingerprint density at radius 1 is 1.31 bits per heavy atom. The Labute approximate surface area is 92.4 Å². The van der Waals surface area contributed by atoms with Gasteiger partial charge in [0, 0.05) is 0 Å². The van der Waals surface area contributed by atoms with E-state index < -0.39 is 17.8 Å². The number of halogens is 3. The summed E-state index contributed by atoms with van der Waals surface area (Å²) in [4.78, 5) is 4.90. The lowest BCUT2D eigenvalue weighted by Crippen LogP contribution is -2.22. The fourth-order valence-electron chi connectivity index (χ4n) is 1.40. The summed E-state index contributed by atoms with van der Waals surface area (Å²) in [6.07, 6.45) is -4.33. The molecule has 0 radical (unpaired) electrons. The van der Waals surface area contributed by atoms with Crippen LogP contribution in [0.15, 0.2) is 24.3 Å². The molecule has 1 atom stereocenters. The summed E-state index contributed by atoms with van der Waals surface area (Å²) in [7, 11) is 0. The van der Waals surface area contributed by atoms with E-state index in [-0.39, 0.29) is 5.56 Å². The van der Waals surface area contributed by atoms with E-state index >= 15 is 0 Å². The maximum absolute atomic E-state index is 12.7. The minimum Gasteiger partial charge on any atom is -0.302 e. The Balaban J connectivity index is 2.94. The van der Waals surface area contributed by atoms with Crippen molar-refractivity contribution >= 4 is 0 Å². The van der Waals surface area contributed by atoms with Crippen LogP contribution in [0.3, 0.4) is 0 Å². The molecule has 0 saturated heterocycles. The Morgan fingerprint density at radius 2 is 1.94 bits per heavy atom. The number of benzene rings is 1. The fourth-order valence-corrected chi connectivity index (χ4v) is 1.40. The largest absolute Gasteiger partial charge is 0.416 e. The van der Waals surface area contributed by atoms with Crippen LogP contribution in [0, 0.1) is 0 Å². The van der Waals surface area contributed by atoms with Gasteiger partial charge in [-0.15, -0.1) is 0 Å². The van der Waals surface area contributed by atoms with E-state index in [1.54, 1.807) is 19.9 Å². The molecular formula is C11H14F3NO. The molecule has 0 aromatic heterocycles. The Morgan fingerprint density at radius 3 is 2.50 bits per heavy atom. The molecule has 0 fully saturated rings. The van der Waals surface area contributed by atoms with Crippen LogP contribution in [0.4, 0.5) is 13.2 Å². The molecule has 90 valence electrons. The molecule has 0 spiro atoms. The molecule has 0 aliphatic carbocycles. The standard InChI is InChI=1S/C11H14F3NO/c1-3-16-15-8(2)9-6-4-5-7-10(9)11(12,13)14/h4-8,15H,3H2,1-2H3. The summed E-state index contributed by atoms with van der Waals surface area (Å²) in [6, 6.07) is 4.96. The lowest BCUT2D eigenvalue weighted by Gasteiger charge is -2.18. The van der Waals surface area contributed by atoms with Crippen LogP contribution in [0.1, 0.15) is 31.0 Å². The van der Waals surface area contributed by atoms with E-state index in [1.807, 2.05) is 0 Å². The van der Waals surface area contributed by atoms with Gasteiger partial charge in [0.05, 0.1) is 18.2 Å². The SMILES string of the molecule is CCONC(C)c1ccccc1C(F)(F)F. The minimum atomic E-state index is -4.33. The average molecular weight is 233 g/mol. The summed E-state index contributed by atoms with van der Waals surface area (Å²) < 4.78 is 38.0. The molecule has 5 heteroatoms. The third kappa shape index (κ3) is 3.21. The molecule has 16 heavy (non-hydrogen) atoms. The van der Waals surface area contributed by atoms with Gasteiger partial charge >= 0.3 is 6.18 Å².